The third-order valence-corrected chi connectivity index (χ3v) is 6.37. The third kappa shape index (κ3) is 3.91. The van der Waals surface area contributed by atoms with Gasteiger partial charge in [0.05, 0.1) is 22.1 Å². The number of aryl methyl sites for hydroxylation is 2. The van der Waals surface area contributed by atoms with Gasteiger partial charge in [0.15, 0.2) is 0 Å². The number of anilines is 1. The molecule has 0 radical (unpaired) electrons. The van der Waals surface area contributed by atoms with Crippen LogP contribution in [0.1, 0.15) is 11.1 Å². The normalized spacial score (nSPS) is 11.2. The van der Waals surface area contributed by atoms with Crippen molar-refractivity contribution < 1.29 is 13.3 Å². The van der Waals surface area contributed by atoms with Gasteiger partial charge in [0.2, 0.25) is 0 Å². The lowest BCUT2D eigenvalue weighted by molar-refractivity contribution is -0.385. The molecule has 0 aliphatic rings. The first kappa shape index (κ1) is 19.1. The largest absolute Gasteiger partial charge is 0.273 e. The van der Waals surface area contributed by atoms with Crippen LogP contribution in [0, 0.1) is 24.0 Å². The van der Waals surface area contributed by atoms with E-state index >= 15 is 0 Å². The summed E-state index contributed by atoms with van der Waals surface area (Å²) in [4.78, 5) is 10.4. The molecule has 0 aliphatic carbocycles. The van der Waals surface area contributed by atoms with Crippen molar-refractivity contribution in [3.05, 3.63) is 74.8 Å². The van der Waals surface area contributed by atoms with Gasteiger partial charge in [0.1, 0.15) is 0 Å². The highest BCUT2D eigenvalue weighted by molar-refractivity contribution is 9.10. The second-order valence-corrected chi connectivity index (χ2v) is 8.18. The van der Waals surface area contributed by atoms with Crippen LogP contribution < -0.4 is 4.31 Å². The van der Waals surface area contributed by atoms with Crippen LogP contribution in [-0.4, -0.2) is 19.9 Å². The third-order valence-electron chi connectivity index (χ3n) is 3.69. The Kier molecular flexibility index (Phi) is 5.64. The lowest BCUT2D eigenvalue weighted by Gasteiger charge is -2.23. The van der Waals surface area contributed by atoms with Gasteiger partial charge in [-0.3, -0.25) is 14.4 Å². The Bertz CT molecular complexity index is 942. The van der Waals surface area contributed by atoms with Crippen molar-refractivity contribution in [2.24, 2.45) is 0 Å². The summed E-state index contributed by atoms with van der Waals surface area (Å²) >= 11 is 3.38. The molecule has 0 saturated heterocycles. The molecular formula is C17H17BrN2O4S. The predicted octanol–water partition coefficient (Wildman–Crippen LogP) is 4.36. The number of benzene rings is 2. The number of halogens is 1. The van der Waals surface area contributed by atoms with Crippen LogP contribution in [0.25, 0.3) is 0 Å². The van der Waals surface area contributed by atoms with Gasteiger partial charge < -0.3 is 0 Å². The lowest BCUT2D eigenvalue weighted by atomic mass is 10.2. The molecule has 0 amide bonds. The molecule has 0 N–H and O–H groups in total. The first-order valence-corrected chi connectivity index (χ1v) is 9.56. The number of hydrogen-bond acceptors (Lipinski definition) is 4. The summed E-state index contributed by atoms with van der Waals surface area (Å²) in [5.74, 6) is 0. The standard InChI is InChI=1S/C17H17BrN2O4S/c1-4-9-19(14-6-8-16(18)13(3)10-14)25(23,24)15-7-5-12(2)17(11-15)20(21)22/h4-8,10-11H,1,9H2,2-3H3. The fraction of sp³-hybridized carbons (Fsp3) is 0.176. The fourth-order valence-electron chi connectivity index (χ4n) is 2.32. The van der Waals surface area contributed by atoms with Gasteiger partial charge in [-0.1, -0.05) is 28.1 Å². The molecule has 0 bridgehead atoms. The number of hydrogen-bond donors (Lipinski definition) is 0. The number of nitro groups is 1. The predicted molar refractivity (Wildman–Crippen MR) is 101 cm³/mol. The second kappa shape index (κ2) is 7.37. The van der Waals surface area contributed by atoms with Gasteiger partial charge in [-0.2, -0.15) is 0 Å². The zero-order valence-electron chi connectivity index (χ0n) is 13.8. The molecule has 0 saturated carbocycles. The van der Waals surface area contributed by atoms with Crippen molar-refractivity contribution in [2.75, 3.05) is 10.8 Å². The highest BCUT2D eigenvalue weighted by Crippen LogP contribution is 2.30. The monoisotopic (exact) mass is 424 g/mol. The van der Waals surface area contributed by atoms with Gasteiger partial charge in [0.25, 0.3) is 15.7 Å². The molecule has 0 unspecified atom stereocenters. The first-order chi connectivity index (χ1) is 11.7. The molecule has 132 valence electrons. The Morgan fingerprint density at radius 2 is 1.88 bits per heavy atom. The van der Waals surface area contributed by atoms with Gasteiger partial charge >= 0.3 is 0 Å². The lowest BCUT2D eigenvalue weighted by Crippen LogP contribution is -2.31. The Morgan fingerprint density at radius 3 is 2.44 bits per heavy atom. The van der Waals surface area contributed by atoms with E-state index in [-0.39, 0.29) is 17.1 Å². The van der Waals surface area contributed by atoms with E-state index < -0.39 is 14.9 Å². The molecule has 8 heteroatoms. The van der Waals surface area contributed by atoms with Crippen molar-refractivity contribution in [2.45, 2.75) is 18.7 Å². The molecule has 0 fully saturated rings. The van der Waals surface area contributed by atoms with E-state index in [1.807, 2.05) is 6.92 Å². The minimum Gasteiger partial charge on any atom is -0.263 e. The highest BCUT2D eigenvalue weighted by Gasteiger charge is 2.27. The zero-order chi connectivity index (χ0) is 18.8. The van der Waals surface area contributed by atoms with Crippen molar-refractivity contribution >= 4 is 37.3 Å². The van der Waals surface area contributed by atoms with Gasteiger partial charge in [-0.15, -0.1) is 6.58 Å². The Hall–Kier alpha value is -2.19. The number of sulfonamides is 1. The van der Waals surface area contributed by atoms with E-state index in [9.17, 15) is 18.5 Å². The average molecular weight is 425 g/mol. The van der Waals surface area contributed by atoms with E-state index in [1.165, 1.54) is 22.5 Å². The average Bonchev–Trinajstić information content (AvgIpc) is 2.55. The summed E-state index contributed by atoms with van der Waals surface area (Å²) in [6.45, 7) is 7.07. The van der Waals surface area contributed by atoms with Crippen LogP contribution in [0.3, 0.4) is 0 Å². The molecule has 6 nitrogen and oxygen atoms in total. The first-order valence-electron chi connectivity index (χ1n) is 7.33. The summed E-state index contributed by atoms with van der Waals surface area (Å²) in [5, 5.41) is 11.1. The van der Waals surface area contributed by atoms with Crippen molar-refractivity contribution in [1.82, 2.24) is 0 Å². The van der Waals surface area contributed by atoms with Crippen LogP contribution in [0.2, 0.25) is 0 Å². The van der Waals surface area contributed by atoms with Crippen molar-refractivity contribution in [1.29, 1.82) is 0 Å². The van der Waals surface area contributed by atoms with Crippen LogP contribution >= 0.6 is 15.9 Å². The Labute approximate surface area is 155 Å². The van der Waals surface area contributed by atoms with Gasteiger partial charge in [-0.25, -0.2) is 8.42 Å². The molecule has 25 heavy (non-hydrogen) atoms. The summed E-state index contributed by atoms with van der Waals surface area (Å²) in [7, 11) is -3.98. The molecule has 0 spiro atoms. The smallest absolute Gasteiger partial charge is 0.263 e. The summed E-state index contributed by atoms with van der Waals surface area (Å²) in [6, 6.07) is 9.05. The van der Waals surface area contributed by atoms with Crippen molar-refractivity contribution in [3.8, 4) is 0 Å². The molecule has 2 aromatic carbocycles. The Balaban J connectivity index is 2.60. The number of nitro benzene ring substituents is 1. The van der Waals surface area contributed by atoms with Crippen LogP contribution in [0.15, 0.2) is 58.4 Å². The maximum atomic E-state index is 13.0. The second-order valence-electron chi connectivity index (χ2n) is 5.46. The fourth-order valence-corrected chi connectivity index (χ4v) is 4.01. The van der Waals surface area contributed by atoms with Crippen LogP contribution in [-0.2, 0) is 10.0 Å². The van der Waals surface area contributed by atoms with Gasteiger partial charge in [-0.05, 0) is 43.7 Å². The molecule has 0 aromatic heterocycles. The topological polar surface area (TPSA) is 80.5 Å². The molecular weight excluding hydrogens is 408 g/mol. The highest BCUT2D eigenvalue weighted by atomic mass is 79.9. The summed E-state index contributed by atoms with van der Waals surface area (Å²) in [6.07, 6.45) is 1.47. The summed E-state index contributed by atoms with van der Waals surface area (Å²) < 4.78 is 28.1. The zero-order valence-corrected chi connectivity index (χ0v) is 16.2. The Morgan fingerprint density at radius 1 is 1.20 bits per heavy atom. The van der Waals surface area contributed by atoms with Crippen LogP contribution in [0.4, 0.5) is 11.4 Å². The quantitative estimate of drug-likeness (QED) is 0.391. The molecule has 0 aliphatic heterocycles. The van der Waals surface area contributed by atoms with E-state index in [0.29, 0.717) is 11.3 Å². The molecule has 0 heterocycles. The molecule has 0 atom stereocenters. The maximum Gasteiger partial charge on any atom is 0.273 e. The summed E-state index contributed by atoms with van der Waals surface area (Å²) in [5.41, 5.74) is 1.51. The molecule has 2 rings (SSSR count). The minimum atomic E-state index is -3.98. The number of nitrogens with zero attached hydrogens (tertiary/aromatic N) is 2. The van der Waals surface area contributed by atoms with E-state index in [0.717, 1.165) is 16.1 Å². The molecule has 2 aromatic rings. The number of rotatable bonds is 6. The van der Waals surface area contributed by atoms with E-state index in [4.69, 9.17) is 0 Å². The SMILES string of the molecule is C=CCN(c1ccc(Br)c(C)c1)S(=O)(=O)c1ccc(C)c([N+](=O)[O-])c1. The van der Waals surface area contributed by atoms with Gasteiger partial charge in [0, 0.05) is 16.1 Å². The van der Waals surface area contributed by atoms with Crippen molar-refractivity contribution in [3.63, 3.8) is 0 Å². The van der Waals surface area contributed by atoms with Crippen LogP contribution in [0.5, 0.6) is 0 Å². The minimum absolute atomic E-state index is 0.0467. The maximum absolute atomic E-state index is 13.0. The van der Waals surface area contributed by atoms with E-state index in [2.05, 4.69) is 22.5 Å². The van der Waals surface area contributed by atoms with E-state index in [1.54, 1.807) is 25.1 Å².